The minimum Gasteiger partial charge on any atom is -0.324 e. The van der Waals surface area contributed by atoms with Gasteiger partial charge in [-0.2, -0.15) is 0 Å². The molecule has 0 atom stereocenters. The molecule has 0 saturated carbocycles. The maximum atomic E-state index is 2.31. The molecule has 0 aromatic heterocycles. The Hall–Kier alpha value is -0.0400. The van der Waals surface area contributed by atoms with Crippen molar-refractivity contribution in [2.24, 2.45) is 0 Å². The van der Waals surface area contributed by atoms with Gasteiger partial charge in [-0.3, -0.25) is 0 Å². The zero-order valence-corrected chi connectivity index (χ0v) is 24.4. The van der Waals surface area contributed by atoms with Crippen molar-refractivity contribution in [1.82, 2.24) is 0 Å². The average molecular weight is 479 g/mol. The number of rotatable bonds is 26. The van der Waals surface area contributed by atoms with Crippen LogP contribution in [0, 0.1) is 0 Å². The zero-order valence-electron chi connectivity index (χ0n) is 24.4. The van der Waals surface area contributed by atoms with Crippen molar-refractivity contribution in [1.29, 1.82) is 0 Å². The van der Waals surface area contributed by atoms with Gasteiger partial charge in [-0.1, -0.05) is 142 Å². The monoisotopic (exact) mass is 479 g/mol. The van der Waals surface area contributed by atoms with Crippen LogP contribution in [0.4, 0.5) is 0 Å². The summed E-state index contributed by atoms with van der Waals surface area (Å²) in [5.41, 5.74) is 0. The summed E-state index contributed by atoms with van der Waals surface area (Å²) >= 11 is 0. The Labute approximate surface area is 217 Å². The van der Waals surface area contributed by atoms with Crippen LogP contribution < -0.4 is 0 Å². The second-order valence-corrected chi connectivity index (χ2v) is 12.1. The number of quaternary nitrogens is 1. The minimum atomic E-state index is 1.37. The molecule has 1 nitrogen and oxygen atoms in total. The van der Waals surface area contributed by atoms with E-state index in [9.17, 15) is 0 Å². The van der Waals surface area contributed by atoms with E-state index in [0.717, 1.165) is 0 Å². The molecule has 0 aromatic rings. The molecule has 0 amide bonds. The zero-order chi connectivity index (χ0) is 24.4. The van der Waals surface area contributed by atoms with Crippen LogP contribution in [-0.2, 0) is 0 Å². The SMILES string of the molecule is CCCCCCCCCCCCCC[N+]1(CCCCCCCCCCCCCC)CCCCC1. The molecule has 1 heterocycles. The quantitative estimate of drug-likeness (QED) is 0.0856. The first-order chi connectivity index (χ1) is 16.8. The predicted octanol–water partition coefficient (Wildman–Crippen LogP) is 11.4. The Balaban J connectivity index is 1.97. The Morgan fingerprint density at radius 2 is 0.588 bits per heavy atom. The summed E-state index contributed by atoms with van der Waals surface area (Å²) < 4.78 is 1.50. The molecule has 1 rings (SSSR count). The summed E-state index contributed by atoms with van der Waals surface area (Å²) in [5.74, 6) is 0. The van der Waals surface area contributed by atoms with Crippen molar-refractivity contribution in [2.75, 3.05) is 26.2 Å². The lowest BCUT2D eigenvalue weighted by molar-refractivity contribution is -0.932. The fourth-order valence-corrected chi connectivity index (χ4v) is 6.32. The molecule has 0 aromatic carbocycles. The van der Waals surface area contributed by atoms with Crippen LogP contribution >= 0.6 is 0 Å². The molecule has 34 heavy (non-hydrogen) atoms. The van der Waals surface area contributed by atoms with Crippen molar-refractivity contribution in [3.63, 3.8) is 0 Å². The molecule has 0 aliphatic carbocycles. The van der Waals surface area contributed by atoms with Crippen molar-refractivity contribution in [2.45, 2.75) is 187 Å². The molecule has 0 spiro atoms. The van der Waals surface area contributed by atoms with Gasteiger partial charge >= 0.3 is 0 Å². The summed E-state index contributed by atoms with van der Waals surface area (Å²) in [7, 11) is 0. The molecule has 0 N–H and O–H groups in total. The van der Waals surface area contributed by atoms with Crippen molar-refractivity contribution in [3.05, 3.63) is 0 Å². The van der Waals surface area contributed by atoms with Gasteiger partial charge in [-0.15, -0.1) is 0 Å². The molecule has 0 unspecified atom stereocenters. The van der Waals surface area contributed by atoms with E-state index in [1.165, 1.54) is 204 Å². The summed E-state index contributed by atoms with van der Waals surface area (Å²) in [6, 6.07) is 0. The molecule has 0 radical (unpaired) electrons. The van der Waals surface area contributed by atoms with Gasteiger partial charge < -0.3 is 4.48 Å². The highest BCUT2D eigenvalue weighted by molar-refractivity contribution is 4.57. The minimum absolute atomic E-state index is 1.37. The number of hydrogen-bond donors (Lipinski definition) is 0. The van der Waals surface area contributed by atoms with Gasteiger partial charge in [0.2, 0.25) is 0 Å². The second-order valence-electron chi connectivity index (χ2n) is 12.1. The number of nitrogens with zero attached hydrogens (tertiary/aromatic N) is 1. The van der Waals surface area contributed by atoms with Gasteiger partial charge in [0.1, 0.15) is 0 Å². The first-order valence-electron chi connectivity index (χ1n) is 16.7. The van der Waals surface area contributed by atoms with E-state index < -0.39 is 0 Å². The Morgan fingerprint density at radius 3 is 0.882 bits per heavy atom. The highest BCUT2D eigenvalue weighted by Crippen LogP contribution is 2.23. The fourth-order valence-electron chi connectivity index (χ4n) is 6.32. The molecule has 1 saturated heterocycles. The largest absolute Gasteiger partial charge is 0.324 e. The topological polar surface area (TPSA) is 0 Å². The van der Waals surface area contributed by atoms with Gasteiger partial charge in [0, 0.05) is 0 Å². The van der Waals surface area contributed by atoms with Crippen LogP contribution in [-0.4, -0.2) is 30.7 Å². The lowest BCUT2D eigenvalue weighted by Crippen LogP contribution is -2.52. The molecular formula is C33H68N+. The number of unbranched alkanes of at least 4 members (excludes halogenated alkanes) is 22. The van der Waals surface area contributed by atoms with E-state index in [1.54, 1.807) is 0 Å². The normalized spacial score (nSPS) is 15.7. The van der Waals surface area contributed by atoms with E-state index >= 15 is 0 Å². The third-order valence-electron chi connectivity index (χ3n) is 8.74. The van der Waals surface area contributed by atoms with Crippen molar-refractivity contribution < 1.29 is 4.48 Å². The van der Waals surface area contributed by atoms with Crippen LogP contribution in [0.1, 0.15) is 187 Å². The van der Waals surface area contributed by atoms with Gasteiger partial charge in [0.15, 0.2) is 0 Å². The predicted molar refractivity (Wildman–Crippen MR) is 156 cm³/mol. The smallest absolute Gasteiger partial charge is 0.0786 e. The lowest BCUT2D eigenvalue weighted by Gasteiger charge is -2.42. The van der Waals surface area contributed by atoms with Gasteiger partial charge in [-0.05, 0) is 44.9 Å². The first-order valence-corrected chi connectivity index (χ1v) is 16.7. The van der Waals surface area contributed by atoms with E-state index in [2.05, 4.69) is 13.8 Å². The molecule has 0 bridgehead atoms. The highest BCUT2D eigenvalue weighted by Gasteiger charge is 2.28. The third kappa shape index (κ3) is 19.2. The Bertz CT molecular complexity index is 354. The molecule has 1 aliphatic heterocycles. The average Bonchev–Trinajstić information content (AvgIpc) is 2.86. The highest BCUT2D eigenvalue weighted by atomic mass is 15.3. The van der Waals surface area contributed by atoms with Gasteiger partial charge in [0.05, 0.1) is 26.2 Å². The number of likely N-dealkylation sites (tertiary alicyclic amines) is 1. The standard InChI is InChI=1S/C33H68N/c1-3-5-7-9-11-13-15-17-19-21-23-26-30-34(32-28-25-29-33-34)31-27-24-22-20-18-16-14-12-10-8-6-4-2/h3-33H2,1-2H3/q+1. The van der Waals surface area contributed by atoms with Crippen LogP contribution in [0.15, 0.2) is 0 Å². The van der Waals surface area contributed by atoms with Crippen LogP contribution in [0.5, 0.6) is 0 Å². The van der Waals surface area contributed by atoms with Crippen LogP contribution in [0.3, 0.4) is 0 Å². The van der Waals surface area contributed by atoms with Crippen LogP contribution in [0.2, 0.25) is 0 Å². The van der Waals surface area contributed by atoms with Crippen molar-refractivity contribution in [3.8, 4) is 0 Å². The summed E-state index contributed by atoms with van der Waals surface area (Å²) in [6.45, 7) is 10.6. The summed E-state index contributed by atoms with van der Waals surface area (Å²) in [6.07, 6.45) is 39.9. The maximum Gasteiger partial charge on any atom is 0.0786 e. The summed E-state index contributed by atoms with van der Waals surface area (Å²) in [4.78, 5) is 0. The van der Waals surface area contributed by atoms with E-state index in [4.69, 9.17) is 0 Å². The van der Waals surface area contributed by atoms with Gasteiger partial charge in [-0.25, -0.2) is 0 Å². The number of piperidine rings is 1. The maximum absolute atomic E-state index is 2.31. The molecule has 1 fully saturated rings. The molecular weight excluding hydrogens is 410 g/mol. The molecule has 1 heteroatoms. The van der Waals surface area contributed by atoms with Gasteiger partial charge in [0.25, 0.3) is 0 Å². The fraction of sp³-hybridized carbons (Fsp3) is 1.00. The van der Waals surface area contributed by atoms with E-state index in [1.807, 2.05) is 0 Å². The van der Waals surface area contributed by atoms with E-state index in [-0.39, 0.29) is 0 Å². The third-order valence-corrected chi connectivity index (χ3v) is 8.74. The van der Waals surface area contributed by atoms with Crippen molar-refractivity contribution >= 4 is 0 Å². The summed E-state index contributed by atoms with van der Waals surface area (Å²) in [5, 5.41) is 0. The molecule has 1 aliphatic rings. The van der Waals surface area contributed by atoms with Crippen LogP contribution in [0.25, 0.3) is 0 Å². The number of hydrogen-bond acceptors (Lipinski definition) is 0. The second kappa shape index (κ2) is 24.6. The Kier molecular flexibility index (Phi) is 23.2. The first kappa shape index (κ1) is 32.0. The Morgan fingerprint density at radius 1 is 0.324 bits per heavy atom. The molecule has 204 valence electrons. The van der Waals surface area contributed by atoms with E-state index in [0.29, 0.717) is 0 Å². The lowest BCUT2D eigenvalue weighted by atomic mass is 10.0.